The number of aliphatic hydroxyl groups excluding tert-OH is 3. The number of hydrogen-bond donors (Lipinski definition) is 4. The number of nitrogens with one attached hydrogen (secondary N) is 1. The van der Waals surface area contributed by atoms with Crippen LogP contribution < -0.4 is 5.48 Å². The van der Waals surface area contributed by atoms with Crippen molar-refractivity contribution in [2.45, 2.75) is 40.3 Å². The van der Waals surface area contributed by atoms with E-state index < -0.39 is 6.36 Å². The van der Waals surface area contributed by atoms with Crippen molar-refractivity contribution < 1.29 is 33.3 Å². The monoisotopic (exact) mass is 571 g/mol. The second-order valence-corrected chi connectivity index (χ2v) is 11.7. The number of thioether (sulfide) groups is 3. The van der Waals surface area contributed by atoms with E-state index >= 15 is 0 Å². The van der Waals surface area contributed by atoms with Crippen molar-refractivity contribution in [1.29, 1.82) is 0 Å². The lowest BCUT2D eigenvalue weighted by Gasteiger charge is -2.21. The normalized spacial score (nSPS) is 12.4. The van der Waals surface area contributed by atoms with E-state index in [1.807, 2.05) is 18.2 Å². The molecule has 4 aromatic carbocycles. The number of rotatable bonds is 14. The molecule has 37 heavy (non-hydrogen) atoms. The van der Waals surface area contributed by atoms with E-state index in [1.165, 1.54) is 11.8 Å². The standard InChI is InChI=1S/C26H28F3NO4S3/c27-26(28,29)34-30-20-14-21(35-11-1-8-31)17-6-7-19-23(37-13-3-10-33)15-22(36-12-2-9-32)18-5-4-16(20)24(17)25(18)19/h4-7,14-15,30-33H,1-3,8-13H2. The van der Waals surface area contributed by atoms with Crippen LogP contribution in [0.4, 0.5) is 18.9 Å². The Morgan fingerprint density at radius 1 is 0.649 bits per heavy atom. The highest BCUT2D eigenvalue weighted by molar-refractivity contribution is 8.00. The van der Waals surface area contributed by atoms with Crippen molar-refractivity contribution in [2.75, 3.05) is 42.6 Å². The zero-order valence-corrected chi connectivity index (χ0v) is 22.4. The molecule has 0 radical (unpaired) electrons. The molecule has 4 N–H and O–H groups in total. The van der Waals surface area contributed by atoms with E-state index in [-0.39, 0.29) is 25.5 Å². The summed E-state index contributed by atoms with van der Waals surface area (Å²) in [5.74, 6) is 2.08. The topological polar surface area (TPSA) is 82.0 Å². The van der Waals surface area contributed by atoms with Crippen LogP contribution in [0, 0.1) is 0 Å². The van der Waals surface area contributed by atoms with Gasteiger partial charge >= 0.3 is 6.36 Å². The van der Waals surface area contributed by atoms with Gasteiger partial charge in [0.1, 0.15) is 0 Å². The lowest BCUT2D eigenvalue weighted by molar-refractivity contribution is -0.311. The summed E-state index contributed by atoms with van der Waals surface area (Å²) in [5.41, 5.74) is 2.35. The molecule has 5 nitrogen and oxygen atoms in total. The Kier molecular flexibility index (Phi) is 9.96. The van der Waals surface area contributed by atoms with Gasteiger partial charge in [0.25, 0.3) is 0 Å². The van der Waals surface area contributed by atoms with Gasteiger partial charge in [0.2, 0.25) is 0 Å². The molecule has 200 valence electrons. The number of anilines is 1. The summed E-state index contributed by atoms with van der Waals surface area (Å²) in [4.78, 5) is 6.90. The Labute approximate surface area is 225 Å². The molecule has 0 spiro atoms. The maximum atomic E-state index is 12.9. The number of hydrogen-bond acceptors (Lipinski definition) is 8. The van der Waals surface area contributed by atoms with Gasteiger partial charge in [0, 0.05) is 62.5 Å². The molecule has 0 aliphatic rings. The average Bonchev–Trinajstić information content (AvgIpc) is 2.87. The first-order chi connectivity index (χ1) is 17.9. The molecule has 0 aliphatic heterocycles. The first-order valence-electron chi connectivity index (χ1n) is 11.9. The first kappa shape index (κ1) is 28.4. The van der Waals surface area contributed by atoms with Crippen LogP contribution in [0.25, 0.3) is 32.3 Å². The number of halogens is 3. The van der Waals surface area contributed by atoms with Crippen LogP contribution in [0.5, 0.6) is 0 Å². The second-order valence-electron chi connectivity index (χ2n) is 8.29. The predicted octanol–water partition coefficient (Wildman–Crippen LogP) is 6.87. The second kappa shape index (κ2) is 13.0. The Morgan fingerprint density at radius 2 is 1.05 bits per heavy atom. The van der Waals surface area contributed by atoms with Crippen molar-refractivity contribution in [1.82, 2.24) is 0 Å². The maximum absolute atomic E-state index is 12.9. The molecule has 0 fully saturated rings. The first-order valence-corrected chi connectivity index (χ1v) is 14.8. The quantitative estimate of drug-likeness (QED) is 0.0565. The van der Waals surface area contributed by atoms with Crippen LogP contribution in [0.1, 0.15) is 19.3 Å². The van der Waals surface area contributed by atoms with E-state index in [1.54, 1.807) is 29.6 Å². The van der Waals surface area contributed by atoms with E-state index in [0.29, 0.717) is 30.4 Å². The van der Waals surface area contributed by atoms with Gasteiger partial charge in [-0.3, -0.25) is 5.48 Å². The van der Waals surface area contributed by atoms with Crippen molar-refractivity contribution in [2.24, 2.45) is 0 Å². The molecule has 0 bridgehead atoms. The van der Waals surface area contributed by atoms with Crippen molar-refractivity contribution in [3.63, 3.8) is 0 Å². The average molecular weight is 572 g/mol. The molecule has 4 rings (SSSR count). The third-order valence-electron chi connectivity index (χ3n) is 5.74. The smallest absolute Gasteiger partial charge is 0.396 e. The van der Waals surface area contributed by atoms with Crippen LogP contribution in [-0.4, -0.2) is 58.8 Å². The SMILES string of the molecule is OCCCSc1cc(NOC(F)(F)F)c2ccc3c(SCCCO)cc(SCCCO)c4ccc1c2c34. The molecule has 0 atom stereocenters. The Balaban J connectivity index is 1.96. The fraction of sp³-hybridized carbons (Fsp3) is 0.385. The summed E-state index contributed by atoms with van der Waals surface area (Å²) >= 11 is 4.77. The highest BCUT2D eigenvalue weighted by atomic mass is 32.2. The predicted molar refractivity (Wildman–Crippen MR) is 148 cm³/mol. The van der Waals surface area contributed by atoms with E-state index in [9.17, 15) is 28.5 Å². The lowest BCUT2D eigenvalue weighted by atomic mass is 9.93. The van der Waals surface area contributed by atoms with Gasteiger partial charge in [-0.05, 0) is 52.9 Å². The third kappa shape index (κ3) is 6.70. The van der Waals surface area contributed by atoms with Gasteiger partial charge < -0.3 is 15.3 Å². The molecule has 11 heteroatoms. The summed E-state index contributed by atoms with van der Waals surface area (Å²) in [6.07, 6.45) is -2.99. The van der Waals surface area contributed by atoms with Crippen molar-refractivity contribution in [3.8, 4) is 0 Å². The van der Waals surface area contributed by atoms with Gasteiger partial charge in [-0.1, -0.05) is 24.3 Å². The third-order valence-corrected chi connectivity index (χ3v) is 9.17. The number of aliphatic hydroxyl groups is 3. The molecule has 0 unspecified atom stereocenters. The van der Waals surface area contributed by atoms with Crippen molar-refractivity contribution >= 4 is 73.3 Å². The summed E-state index contributed by atoms with van der Waals surface area (Å²) in [6, 6.07) is 11.6. The highest BCUT2D eigenvalue weighted by Crippen LogP contribution is 2.47. The molecule has 0 amide bonds. The van der Waals surface area contributed by atoms with Crippen LogP contribution in [-0.2, 0) is 4.84 Å². The molecule has 0 aromatic heterocycles. The fourth-order valence-electron chi connectivity index (χ4n) is 4.19. The molecule has 0 saturated carbocycles. The summed E-state index contributed by atoms with van der Waals surface area (Å²) in [7, 11) is 0. The maximum Gasteiger partial charge on any atom is 0.543 e. The lowest BCUT2D eigenvalue weighted by Crippen LogP contribution is -2.18. The van der Waals surface area contributed by atoms with E-state index in [0.717, 1.165) is 53.1 Å². The zero-order chi connectivity index (χ0) is 26.4. The molecular formula is C26H28F3NO4S3. The van der Waals surface area contributed by atoms with Crippen LogP contribution in [0.15, 0.2) is 51.1 Å². The molecular weight excluding hydrogens is 543 g/mol. The van der Waals surface area contributed by atoms with Crippen LogP contribution in [0.2, 0.25) is 0 Å². The minimum Gasteiger partial charge on any atom is -0.396 e. The number of benzene rings is 4. The largest absolute Gasteiger partial charge is 0.543 e. The van der Waals surface area contributed by atoms with E-state index in [2.05, 4.69) is 22.5 Å². The molecule has 0 saturated heterocycles. The van der Waals surface area contributed by atoms with Crippen molar-refractivity contribution in [3.05, 3.63) is 36.4 Å². The van der Waals surface area contributed by atoms with Crippen LogP contribution in [0.3, 0.4) is 0 Å². The van der Waals surface area contributed by atoms with Gasteiger partial charge in [0.15, 0.2) is 0 Å². The van der Waals surface area contributed by atoms with Gasteiger partial charge in [-0.2, -0.15) is 4.84 Å². The molecule has 0 heterocycles. The minimum atomic E-state index is -4.85. The van der Waals surface area contributed by atoms with Crippen LogP contribution >= 0.6 is 35.3 Å². The number of alkyl halides is 3. The molecule has 0 aliphatic carbocycles. The summed E-state index contributed by atoms with van der Waals surface area (Å²) in [5, 5.41) is 33.2. The highest BCUT2D eigenvalue weighted by Gasteiger charge is 2.30. The molecule has 4 aromatic rings. The summed E-state index contributed by atoms with van der Waals surface area (Å²) in [6.45, 7) is 0.225. The van der Waals surface area contributed by atoms with Gasteiger partial charge in [-0.15, -0.1) is 48.5 Å². The summed E-state index contributed by atoms with van der Waals surface area (Å²) < 4.78 is 38.8. The Morgan fingerprint density at radius 3 is 1.49 bits per heavy atom. The van der Waals surface area contributed by atoms with Gasteiger partial charge in [0.05, 0.1) is 5.69 Å². The minimum absolute atomic E-state index is 0.0317. The Hall–Kier alpha value is -1.60. The fourth-order valence-corrected chi connectivity index (χ4v) is 7.33. The van der Waals surface area contributed by atoms with E-state index in [4.69, 9.17) is 0 Å². The zero-order valence-electron chi connectivity index (χ0n) is 19.9. The van der Waals surface area contributed by atoms with Gasteiger partial charge in [-0.25, -0.2) is 0 Å². The Bertz CT molecular complexity index is 1310.